The first-order chi connectivity index (χ1) is 13.3. The van der Waals surface area contributed by atoms with Gasteiger partial charge in [-0.25, -0.2) is 17.5 Å². The van der Waals surface area contributed by atoms with Crippen molar-refractivity contribution in [3.63, 3.8) is 0 Å². The van der Waals surface area contributed by atoms with Crippen molar-refractivity contribution in [3.8, 4) is 0 Å². The first kappa shape index (κ1) is 20.0. The lowest BCUT2D eigenvalue weighted by molar-refractivity contribution is -0.126. The molecule has 0 saturated carbocycles. The van der Waals surface area contributed by atoms with Crippen LogP contribution in [-0.4, -0.2) is 33.8 Å². The second-order valence-corrected chi connectivity index (χ2v) is 8.31. The fourth-order valence-corrected chi connectivity index (χ4v) is 3.75. The Labute approximate surface area is 162 Å². The molecule has 1 unspecified atom stereocenters. The van der Waals surface area contributed by atoms with E-state index in [0.29, 0.717) is 0 Å². The molecule has 0 aromatic heterocycles. The summed E-state index contributed by atoms with van der Waals surface area (Å²) in [4.78, 5) is 26.0. The first-order valence-electron chi connectivity index (χ1n) is 8.67. The normalized spacial score (nSPS) is 17.0. The number of hydrogen-bond acceptors (Lipinski definition) is 4. The van der Waals surface area contributed by atoms with Crippen LogP contribution in [0.2, 0.25) is 0 Å². The zero-order chi connectivity index (χ0) is 20.3. The zero-order valence-electron chi connectivity index (χ0n) is 15.2. The molecule has 0 radical (unpaired) electrons. The Kier molecular flexibility index (Phi) is 5.76. The molecule has 1 atom stereocenters. The standard InChI is InChI=1S/C19H20FN3O4S/c1-21-28(26,27)15-8-6-13(7-9-15)11-22-19(25)14-10-18(24)23(12-14)17-5-3-2-4-16(17)20/h2-9,14,21H,10-12H2,1H3,(H,22,25). The van der Waals surface area contributed by atoms with Gasteiger partial charge in [-0.2, -0.15) is 0 Å². The van der Waals surface area contributed by atoms with E-state index in [9.17, 15) is 22.4 Å². The van der Waals surface area contributed by atoms with E-state index in [-0.39, 0.29) is 41.9 Å². The van der Waals surface area contributed by atoms with E-state index >= 15 is 0 Å². The molecule has 0 spiro atoms. The Bertz CT molecular complexity index is 992. The molecule has 7 nitrogen and oxygen atoms in total. The summed E-state index contributed by atoms with van der Waals surface area (Å²) >= 11 is 0. The number of carbonyl (C=O) groups is 2. The number of benzene rings is 2. The monoisotopic (exact) mass is 405 g/mol. The van der Waals surface area contributed by atoms with Crippen molar-refractivity contribution in [1.29, 1.82) is 0 Å². The molecule has 2 aromatic rings. The Hall–Kier alpha value is -2.78. The number of nitrogens with one attached hydrogen (secondary N) is 2. The lowest BCUT2D eigenvalue weighted by atomic mass is 10.1. The van der Waals surface area contributed by atoms with E-state index in [1.165, 1.54) is 42.3 Å². The van der Waals surface area contributed by atoms with Crippen LogP contribution < -0.4 is 14.9 Å². The third kappa shape index (κ3) is 4.20. The summed E-state index contributed by atoms with van der Waals surface area (Å²) in [7, 11) is -2.18. The molecule has 9 heteroatoms. The van der Waals surface area contributed by atoms with E-state index in [2.05, 4.69) is 10.0 Å². The van der Waals surface area contributed by atoms with Crippen molar-refractivity contribution >= 4 is 27.5 Å². The van der Waals surface area contributed by atoms with Gasteiger partial charge in [-0.05, 0) is 36.9 Å². The van der Waals surface area contributed by atoms with E-state index < -0.39 is 21.8 Å². The molecule has 0 aliphatic carbocycles. The summed E-state index contributed by atoms with van der Waals surface area (Å²) in [5, 5.41) is 2.74. The highest BCUT2D eigenvalue weighted by molar-refractivity contribution is 7.89. The van der Waals surface area contributed by atoms with E-state index in [1.54, 1.807) is 18.2 Å². The maximum atomic E-state index is 13.9. The minimum Gasteiger partial charge on any atom is -0.352 e. The number of carbonyl (C=O) groups excluding carboxylic acids is 2. The van der Waals surface area contributed by atoms with E-state index in [0.717, 1.165) is 5.56 Å². The third-order valence-electron chi connectivity index (χ3n) is 4.61. The van der Waals surface area contributed by atoms with Crippen LogP contribution in [0.3, 0.4) is 0 Å². The third-order valence-corrected chi connectivity index (χ3v) is 6.04. The molecule has 2 aromatic carbocycles. The summed E-state index contributed by atoms with van der Waals surface area (Å²) in [6.45, 7) is 0.314. The highest BCUT2D eigenvalue weighted by atomic mass is 32.2. The smallest absolute Gasteiger partial charge is 0.240 e. The van der Waals surface area contributed by atoms with Crippen molar-refractivity contribution in [2.75, 3.05) is 18.5 Å². The van der Waals surface area contributed by atoms with E-state index in [4.69, 9.17) is 0 Å². The topological polar surface area (TPSA) is 95.6 Å². The zero-order valence-corrected chi connectivity index (χ0v) is 16.0. The number of hydrogen-bond donors (Lipinski definition) is 2. The molecule has 1 saturated heterocycles. The van der Waals surface area contributed by atoms with Crippen molar-refractivity contribution in [2.24, 2.45) is 5.92 Å². The predicted octanol–water partition coefficient (Wildman–Crippen LogP) is 1.40. The van der Waals surface area contributed by atoms with Gasteiger partial charge in [0.1, 0.15) is 5.82 Å². The fraction of sp³-hybridized carbons (Fsp3) is 0.263. The van der Waals surface area contributed by atoms with Crippen molar-refractivity contribution in [1.82, 2.24) is 10.0 Å². The van der Waals surface area contributed by atoms with Gasteiger partial charge in [-0.1, -0.05) is 24.3 Å². The Morgan fingerprint density at radius 2 is 1.86 bits per heavy atom. The number of halogens is 1. The van der Waals surface area contributed by atoms with Gasteiger partial charge in [0, 0.05) is 19.5 Å². The van der Waals surface area contributed by atoms with Gasteiger partial charge >= 0.3 is 0 Å². The Balaban J connectivity index is 1.60. The molecule has 1 heterocycles. The molecular weight excluding hydrogens is 385 g/mol. The molecule has 3 rings (SSSR count). The minimum atomic E-state index is -3.51. The van der Waals surface area contributed by atoms with Gasteiger partial charge in [0.15, 0.2) is 0 Å². The predicted molar refractivity (Wildman–Crippen MR) is 101 cm³/mol. The van der Waals surface area contributed by atoms with Gasteiger partial charge in [-0.3, -0.25) is 9.59 Å². The molecule has 2 amide bonds. The molecule has 1 fully saturated rings. The lowest BCUT2D eigenvalue weighted by Gasteiger charge is -2.17. The van der Waals surface area contributed by atoms with Gasteiger partial charge in [0.25, 0.3) is 0 Å². The largest absolute Gasteiger partial charge is 0.352 e. The van der Waals surface area contributed by atoms with Crippen LogP contribution in [0.1, 0.15) is 12.0 Å². The van der Waals surface area contributed by atoms with E-state index in [1.807, 2.05) is 0 Å². The van der Waals surface area contributed by atoms with Crippen molar-refractivity contribution in [2.45, 2.75) is 17.9 Å². The molecule has 2 N–H and O–H groups in total. The second-order valence-electron chi connectivity index (χ2n) is 6.43. The minimum absolute atomic E-state index is 0.0134. The van der Waals surface area contributed by atoms with Gasteiger partial charge in [0.05, 0.1) is 16.5 Å². The second kappa shape index (κ2) is 8.07. The van der Waals surface area contributed by atoms with Crippen LogP contribution in [-0.2, 0) is 26.2 Å². The summed E-state index contributed by atoms with van der Waals surface area (Å²) in [5.74, 6) is -1.68. The number of rotatable bonds is 6. The molecule has 28 heavy (non-hydrogen) atoms. The van der Waals surface area contributed by atoms with Crippen molar-refractivity contribution < 1.29 is 22.4 Å². The highest BCUT2D eigenvalue weighted by Crippen LogP contribution is 2.27. The van der Waals surface area contributed by atoms with Gasteiger partial charge in [-0.15, -0.1) is 0 Å². The van der Waals surface area contributed by atoms with Crippen LogP contribution in [0.5, 0.6) is 0 Å². The number of nitrogens with zero attached hydrogens (tertiary/aromatic N) is 1. The molecule has 1 aliphatic heterocycles. The highest BCUT2D eigenvalue weighted by Gasteiger charge is 2.35. The van der Waals surface area contributed by atoms with Gasteiger partial charge < -0.3 is 10.2 Å². The van der Waals surface area contributed by atoms with Crippen LogP contribution in [0.15, 0.2) is 53.4 Å². The average Bonchev–Trinajstić information content (AvgIpc) is 3.08. The summed E-state index contributed by atoms with van der Waals surface area (Å²) in [6.07, 6.45) is 0.0134. The van der Waals surface area contributed by atoms with Crippen LogP contribution >= 0.6 is 0 Å². The first-order valence-corrected chi connectivity index (χ1v) is 10.1. The Morgan fingerprint density at radius 3 is 2.50 bits per heavy atom. The summed E-state index contributed by atoms with van der Waals surface area (Å²) < 4.78 is 39.6. The number of amides is 2. The molecular formula is C19H20FN3O4S. The van der Waals surface area contributed by atoms with Crippen LogP contribution in [0, 0.1) is 11.7 Å². The van der Waals surface area contributed by atoms with Crippen LogP contribution in [0.25, 0.3) is 0 Å². The maximum Gasteiger partial charge on any atom is 0.240 e. The SMILES string of the molecule is CNS(=O)(=O)c1ccc(CNC(=O)C2CC(=O)N(c3ccccc3F)C2)cc1. The number of anilines is 1. The maximum absolute atomic E-state index is 13.9. The quantitative estimate of drug-likeness (QED) is 0.760. The fourth-order valence-electron chi connectivity index (χ4n) is 3.02. The van der Waals surface area contributed by atoms with Crippen molar-refractivity contribution in [3.05, 3.63) is 59.9 Å². The Morgan fingerprint density at radius 1 is 1.18 bits per heavy atom. The molecule has 1 aliphatic rings. The summed E-state index contributed by atoms with van der Waals surface area (Å²) in [6, 6.07) is 12.1. The van der Waals surface area contributed by atoms with Gasteiger partial charge in [0.2, 0.25) is 21.8 Å². The van der Waals surface area contributed by atoms with Crippen LogP contribution in [0.4, 0.5) is 10.1 Å². The number of para-hydroxylation sites is 1. The average molecular weight is 405 g/mol. The lowest BCUT2D eigenvalue weighted by Crippen LogP contribution is -2.32. The summed E-state index contributed by atoms with van der Waals surface area (Å²) in [5.41, 5.74) is 0.891. The molecule has 148 valence electrons. The number of sulfonamides is 1. The molecule has 0 bridgehead atoms.